The van der Waals surface area contributed by atoms with E-state index in [1.54, 1.807) is 0 Å². The third-order valence-corrected chi connectivity index (χ3v) is 3.09. The standard InChI is InChI=1S/C15H12ClN3O/c16-9-13(17)18-11-7-4-8-12-14(11)19-15(20-12)10-5-2-1-3-6-10/h1-8H,9H2,(H2,17,18). The first kappa shape index (κ1) is 12.7. The molecule has 2 N–H and O–H groups in total. The van der Waals surface area contributed by atoms with E-state index < -0.39 is 0 Å². The Bertz CT molecular complexity index is 765. The monoisotopic (exact) mass is 285 g/mol. The zero-order valence-electron chi connectivity index (χ0n) is 10.6. The predicted octanol–water partition coefficient (Wildman–Crippen LogP) is 3.72. The summed E-state index contributed by atoms with van der Waals surface area (Å²) in [5.41, 5.74) is 8.61. The van der Waals surface area contributed by atoms with Crippen LogP contribution >= 0.6 is 11.6 Å². The number of nitrogens with zero attached hydrogens (tertiary/aromatic N) is 2. The number of amidine groups is 1. The lowest BCUT2D eigenvalue weighted by atomic mass is 10.2. The van der Waals surface area contributed by atoms with Crippen molar-refractivity contribution in [3.05, 3.63) is 48.5 Å². The van der Waals surface area contributed by atoms with Crippen molar-refractivity contribution in [1.29, 1.82) is 0 Å². The molecule has 0 amide bonds. The summed E-state index contributed by atoms with van der Waals surface area (Å²) < 4.78 is 5.76. The first-order chi connectivity index (χ1) is 9.78. The van der Waals surface area contributed by atoms with Gasteiger partial charge in [-0.1, -0.05) is 24.3 Å². The number of hydrogen-bond donors (Lipinski definition) is 1. The lowest BCUT2D eigenvalue weighted by Gasteiger charge is -1.96. The first-order valence-electron chi connectivity index (χ1n) is 6.12. The van der Waals surface area contributed by atoms with Crippen LogP contribution < -0.4 is 5.73 Å². The predicted molar refractivity (Wildman–Crippen MR) is 81.4 cm³/mol. The van der Waals surface area contributed by atoms with Crippen LogP contribution in [0.25, 0.3) is 22.6 Å². The van der Waals surface area contributed by atoms with Crippen molar-refractivity contribution in [2.75, 3.05) is 5.88 Å². The molecule has 0 atom stereocenters. The van der Waals surface area contributed by atoms with Crippen LogP contribution in [0, 0.1) is 0 Å². The summed E-state index contributed by atoms with van der Waals surface area (Å²) in [6.07, 6.45) is 0. The highest BCUT2D eigenvalue weighted by atomic mass is 35.5. The molecule has 5 heteroatoms. The van der Waals surface area contributed by atoms with Crippen LogP contribution in [0.15, 0.2) is 57.9 Å². The smallest absolute Gasteiger partial charge is 0.227 e. The topological polar surface area (TPSA) is 64.4 Å². The molecule has 20 heavy (non-hydrogen) atoms. The van der Waals surface area contributed by atoms with Gasteiger partial charge in [-0.15, -0.1) is 11.6 Å². The van der Waals surface area contributed by atoms with E-state index in [0.29, 0.717) is 28.5 Å². The highest BCUT2D eigenvalue weighted by Gasteiger charge is 2.11. The van der Waals surface area contributed by atoms with Crippen LogP contribution in [0.5, 0.6) is 0 Å². The zero-order valence-corrected chi connectivity index (χ0v) is 11.3. The molecule has 0 bridgehead atoms. The maximum Gasteiger partial charge on any atom is 0.227 e. The Morgan fingerprint density at radius 3 is 2.70 bits per heavy atom. The minimum absolute atomic E-state index is 0.180. The second kappa shape index (κ2) is 5.35. The molecule has 0 saturated heterocycles. The molecule has 4 nitrogen and oxygen atoms in total. The maximum absolute atomic E-state index is 5.76. The number of aromatic nitrogens is 1. The SMILES string of the molecule is NC(CCl)=Nc1cccc2oc(-c3ccccc3)nc12. The second-order valence-electron chi connectivity index (χ2n) is 4.25. The van der Waals surface area contributed by atoms with Gasteiger partial charge in [0, 0.05) is 5.56 Å². The van der Waals surface area contributed by atoms with E-state index in [1.807, 2.05) is 48.5 Å². The number of aliphatic imine (C=N–C) groups is 1. The number of para-hydroxylation sites is 1. The Kier molecular flexibility index (Phi) is 3.39. The number of benzene rings is 2. The van der Waals surface area contributed by atoms with E-state index in [0.717, 1.165) is 5.56 Å². The van der Waals surface area contributed by atoms with Gasteiger partial charge in [0.1, 0.15) is 11.4 Å². The second-order valence-corrected chi connectivity index (χ2v) is 4.51. The molecule has 0 radical (unpaired) electrons. The van der Waals surface area contributed by atoms with Crippen LogP contribution in [-0.4, -0.2) is 16.7 Å². The number of fused-ring (bicyclic) bond motifs is 1. The molecule has 0 fully saturated rings. The van der Waals surface area contributed by atoms with Crippen LogP contribution in [0.3, 0.4) is 0 Å². The van der Waals surface area contributed by atoms with Gasteiger partial charge in [0.2, 0.25) is 5.89 Å². The van der Waals surface area contributed by atoms with Crippen molar-refractivity contribution < 1.29 is 4.42 Å². The Morgan fingerprint density at radius 1 is 1.15 bits per heavy atom. The first-order valence-corrected chi connectivity index (χ1v) is 6.65. The van der Waals surface area contributed by atoms with E-state index in [2.05, 4.69) is 9.98 Å². The summed E-state index contributed by atoms with van der Waals surface area (Å²) in [7, 11) is 0. The number of rotatable bonds is 3. The molecule has 0 aliphatic heterocycles. The van der Waals surface area contributed by atoms with Gasteiger partial charge in [-0.25, -0.2) is 9.98 Å². The summed E-state index contributed by atoms with van der Waals surface area (Å²) in [5.74, 6) is 1.09. The Labute approximate surface area is 120 Å². The highest BCUT2D eigenvalue weighted by molar-refractivity contribution is 6.28. The molecule has 100 valence electrons. The average molecular weight is 286 g/mol. The summed E-state index contributed by atoms with van der Waals surface area (Å²) in [6.45, 7) is 0. The number of halogens is 1. The molecule has 0 saturated carbocycles. The van der Waals surface area contributed by atoms with Crippen LogP contribution in [0.2, 0.25) is 0 Å². The van der Waals surface area contributed by atoms with Gasteiger partial charge in [0.15, 0.2) is 5.58 Å². The third kappa shape index (κ3) is 2.38. The molecule has 0 aliphatic carbocycles. The van der Waals surface area contributed by atoms with Gasteiger partial charge in [-0.2, -0.15) is 0 Å². The Balaban J connectivity index is 2.14. The molecule has 2 aromatic carbocycles. The minimum atomic E-state index is 0.180. The number of hydrogen-bond acceptors (Lipinski definition) is 3. The molecule has 1 aromatic heterocycles. The molecule has 1 heterocycles. The van der Waals surface area contributed by atoms with Gasteiger partial charge in [-0.05, 0) is 24.3 Å². The van der Waals surface area contributed by atoms with Gasteiger partial charge >= 0.3 is 0 Å². The summed E-state index contributed by atoms with van der Waals surface area (Å²) in [4.78, 5) is 8.75. The van der Waals surface area contributed by atoms with E-state index >= 15 is 0 Å². The van der Waals surface area contributed by atoms with Crippen molar-refractivity contribution in [3.63, 3.8) is 0 Å². The van der Waals surface area contributed by atoms with Crippen molar-refractivity contribution in [3.8, 4) is 11.5 Å². The van der Waals surface area contributed by atoms with E-state index in [4.69, 9.17) is 21.8 Å². The van der Waals surface area contributed by atoms with Gasteiger partial charge in [-0.3, -0.25) is 0 Å². The molecule has 0 unspecified atom stereocenters. The molecule has 3 aromatic rings. The molecule has 3 rings (SSSR count). The van der Waals surface area contributed by atoms with Gasteiger partial charge < -0.3 is 10.2 Å². The average Bonchev–Trinajstić information content (AvgIpc) is 2.93. The quantitative estimate of drug-likeness (QED) is 0.453. The van der Waals surface area contributed by atoms with E-state index in [1.165, 1.54) is 0 Å². The third-order valence-electron chi connectivity index (χ3n) is 2.82. The van der Waals surface area contributed by atoms with Crippen molar-refractivity contribution in [1.82, 2.24) is 4.98 Å². The van der Waals surface area contributed by atoms with Crippen molar-refractivity contribution in [2.24, 2.45) is 10.7 Å². The van der Waals surface area contributed by atoms with Gasteiger partial charge in [0.05, 0.1) is 11.6 Å². The van der Waals surface area contributed by atoms with E-state index in [9.17, 15) is 0 Å². The Morgan fingerprint density at radius 2 is 1.95 bits per heavy atom. The molecule has 0 spiro atoms. The van der Waals surface area contributed by atoms with Crippen LogP contribution in [0.1, 0.15) is 0 Å². The largest absolute Gasteiger partial charge is 0.436 e. The van der Waals surface area contributed by atoms with Gasteiger partial charge in [0.25, 0.3) is 0 Å². The normalized spacial score (nSPS) is 11.9. The minimum Gasteiger partial charge on any atom is -0.436 e. The molecule has 0 aliphatic rings. The molecular formula is C15H12ClN3O. The zero-order chi connectivity index (χ0) is 13.9. The maximum atomic E-state index is 5.76. The summed E-state index contributed by atoms with van der Waals surface area (Å²) in [6, 6.07) is 15.3. The van der Waals surface area contributed by atoms with Crippen molar-refractivity contribution in [2.45, 2.75) is 0 Å². The lowest BCUT2D eigenvalue weighted by molar-refractivity contribution is 0.620. The fourth-order valence-electron chi connectivity index (χ4n) is 1.91. The highest BCUT2D eigenvalue weighted by Crippen LogP contribution is 2.30. The fourth-order valence-corrected chi connectivity index (χ4v) is 1.97. The summed E-state index contributed by atoms with van der Waals surface area (Å²) in [5, 5.41) is 0. The fraction of sp³-hybridized carbons (Fsp3) is 0.0667. The number of alkyl halides is 1. The molecular weight excluding hydrogens is 274 g/mol. The lowest BCUT2D eigenvalue weighted by Crippen LogP contribution is -2.12. The van der Waals surface area contributed by atoms with Crippen molar-refractivity contribution >= 4 is 34.2 Å². The summed E-state index contributed by atoms with van der Waals surface area (Å²) >= 11 is 5.65. The van der Waals surface area contributed by atoms with Crippen LogP contribution in [0.4, 0.5) is 5.69 Å². The number of nitrogens with two attached hydrogens (primary N) is 1. The number of oxazole rings is 1. The van der Waals surface area contributed by atoms with E-state index in [-0.39, 0.29) is 5.88 Å². The van der Waals surface area contributed by atoms with Crippen LogP contribution in [-0.2, 0) is 0 Å². The Hall–Kier alpha value is -2.33.